The van der Waals surface area contributed by atoms with Gasteiger partial charge >= 0.3 is 0 Å². The number of nitrogens with zero attached hydrogens (tertiary/aromatic N) is 2. The van der Waals surface area contributed by atoms with E-state index in [0.29, 0.717) is 11.6 Å². The lowest BCUT2D eigenvalue weighted by Crippen LogP contribution is -1.91. The molecular weight excluding hydrogens is 296 g/mol. The summed E-state index contributed by atoms with van der Waals surface area (Å²) in [5.41, 5.74) is 2.99. The summed E-state index contributed by atoms with van der Waals surface area (Å²) in [7, 11) is 3.26. The molecule has 0 amide bonds. The molecule has 1 aromatic carbocycles. The number of hydrogen-bond acceptors (Lipinski definition) is 4. The molecule has 3 rings (SSSR count). The number of imidazole rings is 1. The molecule has 3 aromatic rings. The number of thiazole rings is 1. The molecule has 0 bridgehead atoms. The molecule has 0 atom stereocenters. The summed E-state index contributed by atoms with van der Waals surface area (Å²) in [5.74, 6) is 1.84. The molecule has 0 radical (unpaired) electrons. The van der Waals surface area contributed by atoms with Gasteiger partial charge in [0, 0.05) is 17.1 Å². The highest BCUT2D eigenvalue weighted by Gasteiger charge is 2.12. The van der Waals surface area contributed by atoms with Crippen LogP contribution < -0.4 is 9.47 Å². The Morgan fingerprint density at radius 3 is 2.75 bits per heavy atom. The first-order chi connectivity index (χ1) is 9.76. The summed E-state index contributed by atoms with van der Waals surface area (Å²) >= 11 is 7.42. The first-order valence-electron chi connectivity index (χ1n) is 6.00. The summed E-state index contributed by atoms with van der Waals surface area (Å²) in [6.45, 7) is 0. The number of hydrogen-bond donors (Lipinski definition) is 0. The van der Waals surface area contributed by atoms with E-state index in [1.54, 1.807) is 25.6 Å². The number of benzene rings is 1. The predicted molar refractivity (Wildman–Crippen MR) is 81.2 cm³/mol. The van der Waals surface area contributed by atoms with Crippen LogP contribution in [0.2, 0.25) is 0 Å². The van der Waals surface area contributed by atoms with Gasteiger partial charge in [-0.25, -0.2) is 4.98 Å². The topological polar surface area (TPSA) is 35.8 Å². The van der Waals surface area contributed by atoms with Crippen molar-refractivity contribution in [2.24, 2.45) is 0 Å². The van der Waals surface area contributed by atoms with Crippen molar-refractivity contribution in [1.82, 2.24) is 9.38 Å². The fourth-order valence-corrected chi connectivity index (χ4v) is 3.13. The molecule has 0 aliphatic heterocycles. The molecule has 0 unspecified atom stereocenters. The molecule has 0 fully saturated rings. The molecule has 0 saturated carbocycles. The van der Waals surface area contributed by atoms with Crippen molar-refractivity contribution in [1.29, 1.82) is 0 Å². The minimum absolute atomic E-state index is 0.416. The third-order valence-corrected chi connectivity index (χ3v) is 4.19. The van der Waals surface area contributed by atoms with Crippen LogP contribution in [-0.4, -0.2) is 23.6 Å². The zero-order chi connectivity index (χ0) is 14.1. The highest BCUT2D eigenvalue weighted by Crippen LogP contribution is 2.34. The normalized spacial score (nSPS) is 10.9. The molecule has 4 nitrogen and oxygen atoms in total. The summed E-state index contributed by atoms with van der Waals surface area (Å²) < 4.78 is 12.6. The Bertz CT molecular complexity index is 751. The van der Waals surface area contributed by atoms with Crippen LogP contribution in [0, 0.1) is 0 Å². The summed E-state index contributed by atoms with van der Waals surface area (Å²) in [6.07, 6.45) is 1.96. The van der Waals surface area contributed by atoms with Crippen LogP contribution in [-0.2, 0) is 5.88 Å². The smallest absolute Gasteiger partial charge is 0.194 e. The molecule has 0 saturated heterocycles. The van der Waals surface area contributed by atoms with Crippen LogP contribution in [0.3, 0.4) is 0 Å². The minimum atomic E-state index is 0.416. The molecule has 0 spiro atoms. The van der Waals surface area contributed by atoms with Gasteiger partial charge in [-0.05, 0) is 18.2 Å². The number of rotatable bonds is 4. The number of ether oxygens (including phenoxy) is 2. The van der Waals surface area contributed by atoms with E-state index < -0.39 is 0 Å². The Morgan fingerprint density at radius 2 is 2.05 bits per heavy atom. The van der Waals surface area contributed by atoms with Crippen LogP contribution in [0.1, 0.15) is 5.69 Å². The highest BCUT2D eigenvalue weighted by molar-refractivity contribution is 7.15. The Kier molecular flexibility index (Phi) is 3.54. The van der Waals surface area contributed by atoms with Gasteiger partial charge in [0.1, 0.15) is 0 Å². The van der Waals surface area contributed by atoms with Crippen molar-refractivity contribution in [2.75, 3.05) is 14.2 Å². The lowest BCUT2D eigenvalue weighted by Gasteiger charge is -2.09. The molecule has 0 aliphatic rings. The van der Waals surface area contributed by atoms with Crippen molar-refractivity contribution >= 4 is 27.9 Å². The largest absolute Gasteiger partial charge is 0.493 e. The maximum absolute atomic E-state index is 5.83. The van der Waals surface area contributed by atoms with Gasteiger partial charge in [-0.1, -0.05) is 0 Å². The predicted octanol–water partition coefficient (Wildman–Crippen LogP) is 3.82. The Labute approximate surface area is 125 Å². The van der Waals surface area contributed by atoms with Gasteiger partial charge in [0.05, 0.1) is 31.5 Å². The Morgan fingerprint density at radius 1 is 1.25 bits per heavy atom. The average molecular weight is 309 g/mol. The zero-order valence-electron chi connectivity index (χ0n) is 11.1. The van der Waals surface area contributed by atoms with Gasteiger partial charge in [-0.15, -0.1) is 22.9 Å². The summed E-state index contributed by atoms with van der Waals surface area (Å²) in [6, 6.07) is 5.86. The van der Waals surface area contributed by atoms with Gasteiger partial charge in [0.15, 0.2) is 16.5 Å². The van der Waals surface area contributed by atoms with Crippen LogP contribution in [0.4, 0.5) is 0 Å². The van der Waals surface area contributed by atoms with E-state index in [4.69, 9.17) is 21.1 Å². The molecule has 6 heteroatoms. The lowest BCUT2D eigenvalue weighted by atomic mass is 10.1. The number of fused-ring (bicyclic) bond motifs is 1. The average Bonchev–Trinajstić information content (AvgIpc) is 3.06. The summed E-state index contributed by atoms with van der Waals surface area (Å²) in [4.78, 5) is 5.38. The van der Waals surface area contributed by atoms with E-state index in [1.165, 1.54) is 0 Å². The molecule has 0 aliphatic carbocycles. The van der Waals surface area contributed by atoms with Crippen LogP contribution in [0.25, 0.3) is 16.2 Å². The van der Waals surface area contributed by atoms with E-state index in [2.05, 4.69) is 10.4 Å². The van der Waals surface area contributed by atoms with Gasteiger partial charge in [0.25, 0.3) is 0 Å². The van der Waals surface area contributed by atoms with Gasteiger partial charge in [0.2, 0.25) is 0 Å². The highest BCUT2D eigenvalue weighted by atomic mass is 35.5. The van der Waals surface area contributed by atoms with Gasteiger partial charge in [-0.3, -0.25) is 4.40 Å². The fraction of sp³-hybridized carbons (Fsp3) is 0.214. The molecule has 104 valence electrons. The second kappa shape index (κ2) is 5.34. The first-order valence-corrected chi connectivity index (χ1v) is 7.42. The molecule has 0 N–H and O–H groups in total. The van der Waals surface area contributed by atoms with E-state index in [0.717, 1.165) is 27.7 Å². The number of methoxy groups -OCH3 is 2. The zero-order valence-corrected chi connectivity index (χ0v) is 12.7. The van der Waals surface area contributed by atoms with Crippen molar-refractivity contribution in [3.05, 3.63) is 35.5 Å². The van der Waals surface area contributed by atoms with E-state index in [-0.39, 0.29) is 0 Å². The molecular formula is C14H13ClN2O2S. The Hall–Kier alpha value is -1.72. The van der Waals surface area contributed by atoms with E-state index >= 15 is 0 Å². The number of halogens is 1. The summed E-state index contributed by atoms with van der Waals surface area (Å²) in [5, 5.41) is 2.07. The van der Waals surface area contributed by atoms with Crippen LogP contribution in [0.15, 0.2) is 29.8 Å². The lowest BCUT2D eigenvalue weighted by molar-refractivity contribution is 0.355. The van der Waals surface area contributed by atoms with E-state index in [9.17, 15) is 0 Å². The van der Waals surface area contributed by atoms with Crippen LogP contribution >= 0.6 is 22.9 Å². The third kappa shape index (κ3) is 2.13. The quantitative estimate of drug-likeness (QED) is 0.687. The van der Waals surface area contributed by atoms with Gasteiger partial charge in [-0.2, -0.15) is 0 Å². The second-order valence-corrected chi connectivity index (χ2v) is 5.31. The van der Waals surface area contributed by atoms with Crippen molar-refractivity contribution in [3.8, 4) is 22.8 Å². The van der Waals surface area contributed by atoms with E-state index in [1.807, 2.05) is 28.8 Å². The van der Waals surface area contributed by atoms with Crippen molar-refractivity contribution in [2.45, 2.75) is 5.88 Å². The first kappa shape index (κ1) is 13.3. The monoisotopic (exact) mass is 308 g/mol. The van der Waals surface area contributed by atoms with Crippen LogP contribution in [0.5, 0.6) is 11.5 Å². The van der Waals surface area contributed by atoms with Crippen molar-refractivity contribution < 1.29 is 9.47 Å². The maximum atomic E-state index is 5.83. The van der Waals surface area contributed by atoms with Crippen molar-refractivity contribution in [3.63, 3.8) is 0 Å². The standard InChI is InChI=1S/C14H13ClN2O2S/c1-18-12-4-3-9(5-13(12)19-2)11-8-20-14-16-10(6-15)7-17(11)14/h3-5,7-8H,6H2,1-2H3. The maximum Gasteiger partial charge on any atom is 0.194 e. The SMILES string of the molecule is COc1ccc(-c2csc3nc(CCl)cn23)cc1OC. The van der Waals surface area contributed by atoms with Gasteiger partial charge < -0.3 is 9.47 Å². The minimum Gasteiger partial charge on any atom is -0.493 e. The molecule has 2 heterocycles. The Balaban J connectivity index is 2.12. The third-order valence-electron chi connectivity index (χ3n) is 3.08. The number of alkyl halides is 1. The fourth-order valence-electron chi connectivity index (χ4n) is 2.10. The molecule has 20 heavy (non-hydrogen) atoms. The number of aromatic nitrogens is 2. The second-order valence-electron chi connectivity index (χ2n) is 4.21. The molecule has 2 aromatic heterocycles.